The average molecular weight is 264 g/mol. The lowest BCUT2D eigenvalue weighted by Gasteiger charge is -2.21. The van der Waals surface area contributed by atoms with E-state index in [4.69, 9.17) is 5.73 Å². The molecule has 0 aliphatic heterocycles. The fourth-order valence-corrected chi connectivity index (χ4v) is 2.91. The summed E-state index contributed by atoms with van der Waals surface area (Å²) >= 11 is 1.85. The zero-order valence-electron chi connectivity index (χ0n) is 10.9. The molecule has 1 aliphatic rings. The average Bonchev–Trinajstić information content (AvgIpc) is 3.06. The fraction of sp³-hybridized carbons (Fsp3) is 0.500. The van der Waals surface area contributed by atoms with Crippen LogP contribution >= 0.6 is 11.8 Å². The zero-order valence-corrected chi connectivity index (χ0v) is 11.7. The normalized spacial score (nSPS) is 17.3. The van der Waals surface area contributed by atoms with Crippen molar-refractivity contribution in [2.24, 2.45) is 5.73 Å². The van der Waals surface area contributed by atoms with E-state index in [2.05, 4.69) is 17.4 Å². The van der Waals surface area contributed by atoms with E-state index in [0.29, 0.717) is 6.54 Å². The van der Waals surface area contributed by atoms with E-state index < -0.39 is 5.54 Å². The van der Waals surface area contributed by atoms with E-state index >= 15 is 0 Å². The predicted molar refractivity (Wildman–Crippen MR) is 75.5 cm³/mol. The Bertz CT molecular complexity index is 421. The molecule has 1 aliphatic carbocycles. The van der Waals surface area contributed by atoms with Gasteiger partial charge in [-0.25, -0.2) is 0 Å². The predicted octanol–water partition coefficient (Wildman–Crippen LogP) is 2.16. The summed E-state index contributed by atoms with van der Waals surface area (Å²) in [5, 5.41) is 2.96. The van der Waals surface area contributed by atoms with Gasteiger partial charge in [-0.1, -0.05) is 18.2 Å². The summed E-state index contributed by atoms with van der Waals surface area (Å²) in [6.45, 7) is 4.16. The molecule has 3 nitrogen and oxygen atoms in total. The number of nitrogens with two attached hydrogens (primary N) is 1. The SMILES string of the molecule is CC(C)(N)C(=O)NCC1(Sc2ccccc2)CC1. The number of hydrogen-bond acceptors (Lipinski definition) is 3. The second-order valence-electron chi connectivity index (χ2n) is 5.50. The maximum atomic E-state index is 11.7. The molecular weight excluding hydrogens is 244 g/mol. The van der Waals surface area contributed by atoms with Gasteiger partial charge in [0.05, 0.1) is 5.54 Å². The van der Waals surface area contributed by atoms with Crippen LogP contribution in [0.3, 0.4) is 0 Å². The van der Waals surface area contributed by atoms with Crippen molar-refractivity contribution in [1.82, 2.24) is 5.32 Å². The summed E-state index contributed by atoms with van der Waals surface area (Å²) in [6, 6.07) is 10.3. The van der Waals surface area contributed by atoms with Crippen LogP contribution in [0.15, 0.2) is 35.2 Å². The Balaban J connectivity index is 1.88. The molecule has 18 heavy (non-hydrogen) atoms. The molecule has 0 heterocycles. The van der Waals surface area contributed by atoms with E-state index in [1.165, 1.54) is 4.90 Å². The van der Waals surface area contributed by atoms with E-state index in [1.807, 2.05) is 30.0 Å². The Morgan fingerprint density at radius 3 is 2.50 bits per heavy atom. The second kappa shape index (κ2) is 4.94. The molecule has 0 aromatic heterocycles. The van der Waals surface area contributed by atoms with Crippen molar-refractivity contribution in [2.75, 3.05) is 6.54 Å². The summed E-state index contributed by atoms with van der Waals surface area (Å²) in [4.78, 5) is 13.0. The monoisotopic (exact) mass is 264 g/mol. The number of thioether (sulfide) groups is 1. The van der Waals surface area contributed by atoms with Crippen molar-refractivity contribution in [3.8, 4) is 0 Å². The van der Waals surface area contributed by atoms with Crippen LogP contribution in [0, 0.1) is 0 Å². The van der Waals surface area contributed by atoms with E-state index in [0.717, 1.165) is 12.8 Å². The standard InChI is InChI=1S/C14H20N2OS/c1-13(2,15)12(17)16-10-14(8-9-14)18-11-6-4-3-5-7-11/h3-7H,8-10,15H2,1-2H3,(H,16,17). The van der Waals surface area contributed by atoms with Gasteiger partial charge >= 0.3 is 0 Å². The maximum Gasteiger partial charge on any atom is 0.239 e. The Kier molecular flexibility index (Phi) is 3.69. The second-order valence-corrected chi connectivity index (χ2v) is 7.04. The molecule has 4 heteroatoms. The Labute approximate surface area is 113 Å². The first-order valence-electron chi connectivity index (χ1n) is 6.23. The van der Waals surface area contributed by atoms with Gasteiger partial charge in [0, 0.05) is 16.2 Å². The van der Waals surface area contributed by atoms with Crippen LogP contribution in [0.4, 0.5) is 0 Å². The van der Waals surface area contributed by atoms with Crippen molar-refractivity contribution < 1.29 is 4.79 Å². The lowest BCUT2D eigenvalue weighted by molar-refractivity contribution is -0.125. The first-order valence-corrected chi connectivity index (χ1v) is 7.04. The molecule has 0 unspecified atom stereocenters. The molecule has 0 spiro atoms. The van der Waals surface area contributed by atoms with Gasteiger partial charge in [-0.15, -0.1) is 11.8 Å². The largest absolute Gasteiger partial charge is 0.353 e. The highest BCUT2D eigenvalue weighted by Crippen LogP contribution is 2.51. The van der Waals surface area contributed by atoms with Crippen molar-refractivity contribution in [3.63, 3.8) is 0 Å². The first-order chi connectivity index (χ1) is 8.41. The minimum Gasteiger partial charge on any atom is -0.353 e. The van der Waals surface area contributed by atoms with Gasteiger partial charge in [0.1, 0.15) is 0 Å². The molecule has 98 valence electrons. The molecule has 0 atom stereocenters. The lowest BCUT2D eigenvalue weighted by Crippen LogP contribution is -2.50. The molecule has 3 N–H and O–H groups in total. The third-order valence-electron chi connectivity index (χ3n) is 3.04. The van der Waals surface area contributed by atoms with Crippen LogP contribution in [0.25, 0.3) is 0 Å². The van der Waals surface area contributed by atoms with Crippen LogP contribution in [0.1, 0.15) is 26.7 Å². The minimum atomic E-state index is -0.798. The number of hydrogen-bond donors (Lipinski definition) is 2. The van der Waals surface area contributed by atoms with Crippen LogP contribution in [0.5, 0.6) is 0 Å². The van der Waals surface area contributed by atoms with Gasteiger partial charge in [0.25, 0.3) is 0 Å². The number of nitrogens with one attached hydrogen (secondary N) is 1. The van der Waals surface area contributed by atoms with Gasteiger partial charge in [-0.05, 0) is 38.8 Å². The zero-order chi connectivity index (χ0) is 13.2. The number of amides is 1. The summed E-state index contributed by atoms with van der Waals surface area (Å²) in [5.41, 5.74) is 4.96. The third kappa shape index (κ3) is 3.50. The fourth-order valence-electron chi connectivity index (χ4n) is 1.66. The highest BCUT2D eigenvalue weighted by molar-refractivity contribution is 8.01. The minimum absolute atomic E-state index is 0.0811. The highest BCUT2D eigenvalue weighted by Gasteiger charge is 2.44. The number of carbonyl (C=O) groups is 1. The van der Waals surface area contributed by atoms with Crippen LogP contribution in [-0.4, -0.2) is 22.7 Å². The van der Waals surface area contributed by atoms with Gasteiger partial charge in [0.2, 0.25) is 5.91 Å². The van der Waals surface area contributed by atoms with Crippen molar-refractivity contribution >= 4 is 17.7 Å². The Morgan fingerprint density at radius 1 is 1.39 bits per heavy atom. The van der Waals surface area contributed by atoms with Crippen molar-refractivity contribution in [1.29, 1.82) is 0 Å². The Hall–Kier alpha value is -1.00. The number of rotatable bonds is 5. The Morgan fingerprint density at radius 2 is 2.00 bits per heavy atom. The molecule has 2 rings (SSSR count). The van der Waals surface area contributed by atoms with Crippen LogP contribution in [-0.2, 0) is 4.79 Å². The molecule has 0 saturated heterocycles. The molecule has 1 aromatic rings. The van der Waals surface area contributed by atoms with Crippen LogP contribution < -0.4 is 11.1 Å². The maximum absolute atomic E-state index is 11.7. The molecule has 0 bridgehead atoms. The van der Waals surface area contributed by atoms with E-state index in [1.54, 1.807) is 13.8 Å². The molecule has 0 radical (unpaired) electrons. The number of carbonyl (C=O) groups excluding carboxylic acids is 1. The number of benzene rings is 1. The van der Waals surface area contributed by atoms with Gasteiger partial charge in [0.15, 0.2) is 0 Å². The highest BCUT2D eigenvalue weighted by atomic mass is 32.2. The summed E-state index contributed by atoms with van der Waals surface area (Å²) < 4.78 is 0.183. The molecule has 1 fully saturated rings. The van der Waals surface area contributed by atoms with Gasteiger partial charge in [-0.2, -0.15) is 0 Å². The summed E-state index contributed by atoms with van der Waals surface area (Å²) in [7, 11) is 0. The van der Waals surface area contributed by atoms with Crippen molar-refractivity contribution in [3.05, 3.63) is 30.3 Å². The summed E-state index contributed by atoms with van der Waals surface area (Å²) in [6.07, 6.45) is 2.30. The third-order valence-corrected chi connectivity index (χ3v) is 4.54. The molecule has 1 aromatic carbocycles. The lowest BCUT2D eigenvalue weighted by atomic mass is 10.1. The van der Waals surface area contributed by atoms with E-state index in [9.17, 15) is 4.79 Å². The van der Waals surface area contributed by atoms with Crippen LogP contribution in [0.2, 0.25) is 0 Å². The quantitative estimate of drug-likeness (QED) is 0.857. The topological polar surface area (TPSA) is 55.1 Å². The molecule has 1 saturated carbocycles. The first kappa shape index (κ1) is 13.4. The smallest absolute Gasteiger partial charge is 0.239 e. The van der Waals surface area contributed by atoms with Crippen molar-refractivity contribution in [2.45, 2.75) is 41.9 Å². The van der Waals surface area contributed by atoms with E-state index in [-0.39, 0.29) is 10.7 Å². The molecular formula is C14H20N2OS. The van der Waals surface area contributed by atoms with Gasteiger partial charge < -0.3 is 11.1 Å². The summed E-state index contributed by atoms with van der Waals surface area (Å²) in [5.74, 6) is -0.0811. The molecule has 1 amide bonds. The van der Waals surface area contributed by atoms with Gasteiger partial charge in [-0.3, -0.25) is 4.79 Å².